The fraction of sp³-hybridized carbons (Fsp3) is 0.200. The molecule has 3 N–H and O–H groups in total. The Kier molecular flexibility index (Phi) is 2.82. The minimum Gasteiger partial charge on any atom is -0.394 e. The molecule has 0 radical (unpaired) electrons. The molecule has 0 saturated heterocycles. The summed E-state index contributed by atoms with van der Waals surface area (Å²) in [4.78, 5) is 7.90. The van der Waals surface area contributed by atoms with Crippen molar-refractivity contribution in [2.45, 2.75) is 13.5 Å². The van der Waals surface area contributed by atoms with Gasteiger partial charge < -0.3 is 11.1 Å². The van der Waals surface area contributed by atoms with Gasteiger partial charge >= 0.3 is 0 Å². The molecular formula is C10H12N4S. The Labute approximate surface area is 92.2 Å². The predicted octanol–water partition coefficient (Wildman–Crippen LogP) is 2.04. The van der Waals surface area contributed by atoms with Crippen LogP contribution in [0, 0.1) is 6.92 Å². The van der Waals surface area contributed by atoms with Gasteiger partial charge in [0.15, 0.2) is 5.82 Å². The molecule has 15 heavy (non-hydrogen) atoms. The second kappa shape index (κ2) is 4.27. The molecule has 0 aliphatic rings. The Hall–Kier alpha value is -1.62. The van der Waals surface area contributed by atoms with E-state index in [2.05, 4.69) is 33.0 Å². The van der Waals surface area contributed by atoms with Gasteiger partial charge in [-0.1, -0.05) is 0 Å². The maximum atomic E-state index is 5.71. The smallest absolute Gasteiger partial charge is 0.152 e. The molecule has 0 bridgehead atoms. The Morgan fingerprint density at radius 3 is 3.00 bits per heavy atom. The van der Waals surface area contributed by atoms with Crippen molar-refractivity contribution in [1.29, 1.82) is 0 Å². The summed E-state index contributed by atoms with van der Waals surface area (Å²) in [5.74, 6) is 0.690. The Morgan fingerprint density at radius 2 is 2.33 bits per heavy atom. The van der Waals surface area contributed by atoms with Gasteiger partial charge in [0, 0.05) is 6.54 Å². The molecular weight excluding hydrogens is 208 g/mol. The first kappa shape index (κ1) is 9.92. The SMILES string of the molecule is Cc1cscc1CNc1ncncc1N. The van der Waals surface area contributed by atoms with E-state index in [1.807, 2.05) is 0 Å². The van der Waals surface area contributed by atoms with E-state index in [4.69, 9.17) is 5.73 Å². The lowest BCUT2D eigenvalue weighted by Crippen LogP contribution is -2.04. The van der Waals surface area contributed by atoms with Crippen molar-refractivity contribution < 1.29 is 0 Å². The highest BCUT2D eigenvalue weighted by Crippen LogP contribution is 2.17. The van der Waals surface area contributed by atoms with Crippen molar-refractivity contribution >= 4 is 22.8 Å². The fourth-order valence-electron chi connectivity index (χ4n) is 1.23. The van der Waals surface area contributed by atoms with Gasteiger partial charge in [0.1, 0.15) is 6.33 Å². The van der Waals surface area contributed by atoms with Gasteiger partial charge in [-0.25, -0.2) is 9.97 Å². The summed E-state index contributed by atoms with van der Waals surface area (Å²) >= 11 is 1.70. The summed E-state index contributed by atoms with van der Waals surface area (Å²) in [5, 5.41) is 7.44. The lowest BCUT2D eigenvalue weighted by atomic mass is 10.2. The first-order valence-electron chi connectivity index (χ1n) is 4.58. The second-order valence-electron chi connectivity index (χ2n) is 3.26. The Bertz CT molecular complexity index is 452. The van der Waals surface area contributed by atoms with Crippen LogP contribution >= 0.6 is 11.3 Å². The Morgan fingerprint density at radius 1 is 1.47 bits per heavy atom. The molecule has 0 unspecified atom stereocenters. The van der Waals surface area contributed by atoms with Crippen LogP contribution in [0.3, 0.4) is 0 Å². The number of aromatic nitrogens is 2. The number of nitrogens with one attached hydrogen (secondary N) is 1. The number of thiophene rings is 1. The van der Waals surface area contributed by atoms with Crippen LogP contribution in [0.15, 0.2) is 23.3 Å². The molecule has 2 aromatic heterocycles. The molecule has 0 aromatic carbocycles. The molecule has 2 heterocycles. The normalized spacial score (nSPS) is 10.2. The van der Waals surface area contributed by atoms with Gasteiger partial charge in [0.2, 0.25) is 0 Å². The van der Waals surface area contributed by atoms with Crippen molar-refractivity contribution in [3.8, 4) is 0 Å². The third-order valence-corrected chi connectivity index (χ3v) is 3.06. The van der Waals surface area contributed by atoms with E-state index in [1.165, 1.54) is 17.5 Å². The standard InChI is InChI=1S/C10H12N4S/c1-7-4-15-5-8(7)2-13-10-9(11)3-12-6-14-10/h3-6H,2,11H2,1H3,(H,12,13,14). The van der Waals surface area contributed by atoms with Crippen LogP contribution in [0.1, 0.15) is 11.1 Å². The third-order valence-electron chi connectivity index (χ3n) is 2.15. The molecule has 0 saturated carbocycles. The maximum Gasteiger partial charge on any atom is 0.152 e. The number of anilines is 2. The van der Waals surface area contributed by atoms with Crippen LogP contribution < -0.4 is 11.1 Å². The summed E-state index contributed by atoms with van der Waals surface area (Å²) in [6.45, 7) is 2.84. The molecule has 0 aliphatic heterocycles. The molecule has 0 fully saturated rings. The number of aryl methyl sites for hydroxylation is 1. The van der Waals surface area contributed by atoms with Crippen molar-refractivity contribution in [3.05, 3.63) is 34.4 Å². The van der Waals surface area contributed by atoms with Gasteiger partial charge in [0.05, 0.1) is 11.9 Å². The zero-order valence-corrected chi connectivity index (χ0v) is 9.21. The minimum atomic E-state index is 0.574. The predicted molar refractivity (Wildman–Crippen MR) is 62.8 cm³/mol. The van der Waals surface area contributed by atoms with E-state index in [-0.39, 0.29) is 0 Å². The highest BCUT2D eigenvalue weighted by molar-refractivity contribution is 7.08. The van der Waals surface area contributed by atoms with Crippen LogP contribution in [0.25, 0.3) is 0 Å². The second-order valence-corrected chi connectivity index (χ2v) is 4.00. The van der Waals surface area contributed by atoms with E-state index in [1.54, 1.807) is 17.5 Å². The quantitative estimate of drug-likeness (QED) is 0.830. The van der Waals surface area contributed by atoms with Gasteiger partial charge in [-0.05, 0) is 28.8 Å². The number of hydrogen-bond acceptors (Lipinski definition) is 5. The average Bonchev–Trinajstić information content (AvgIpc) is 2.63. The largest absolute Gasteiger partial charge is 0.394 e. The van der Waals surface area contributed by atoms with Gasteiger partial charge in [-0.2, -0.15) is 11.3 Å². The fourth-order valence-corrected chi connectivity index (χ4v) is 2.09. The first-order chi connectivity index (χ1) is 7.27. The number of nitrogen functional groups attached to an aromatic ring is 1. The molecule has 0 aliphatic carbocycles. The lowest BCUT2D eigenvalue weighted by molar-refractivity contribution is 1.08. The highest BCUT2D eigenvalue weighted by Gasteiger charge is 2.02. The summed E-state index contributed by atoms with van der Waals surface area (Å²) in [5.41, 5.74) is 8.86. The number of rotatable bonds is 3. The third kappa shape index (κ3) is 2.24. The zero-order chi connectivity index (χ0) is 10.7. The number of nitrogens with zero attached hydrogens (tertiary/aromatic N) is 2. The van der Waals surface area contributed by atoms with E-state index in [0.717, 1.165) is 6.54 Å². The molecule has 5 heteroatoms. The number of nitrogens with two attached hydrogens (primary N) is 1. The zero-order valence-electron chi connectivity index (χ0n) is 8.40. The van der Waals surface area contributed by atoms with Gasteiger partial charge in [-0.3, -0.25) is 0 Å². The van der Waals surface area contributed by atoms with Crippen molar-refractivity contribution in [2.24, 2.45) is 0 Å². The maximum absolute atomic E-state index is 5.71. The van der Waals surface area contributed by atoms with Crippen molar-refractivity contribution in [3.63, 3.8) is 0 Å². The molecule has 0 spiro atoms. The molecule has 0 atom stereocenters. The number of hydrogen-bond donors (Lipinski definition) is 2. The molecule has 4 nitrogen and oxygen atoms in total. The van der Waals surface area contributed by atoms with E-state index >= 15 is 0 Å². The van der Waals surface area contributed by atoms with E-state index in [0.29, 0.717) is 11.5 Å². The monoisotopic (exact) mass is 220 g/mol. The highest BCUT2D eigenvalue weighted by atomic mass is 32.1. The average molecular weight is 220 g/mol. The summed E-state index contributed by atoms with van der Waals surface area (Å²) in [6, 6.07) is 0. The Balaban J connectivity index is 2.06. The first-order valence-corrected chi connectivity index (χ1v) is 5.52. The molecule has 78 valence electrons. The van der Waals surface area contributed by atoms with Crippen LogP contribution in [0.5, 0.6) is 0 Å². The summed E-state index contributed by atoms with van der Waals surface area (Å²) in [6.07, 6.45) is 3.08. The van der Waals surface area contributed by atoms with Gasteiger partial charge in [-0.15, -0.1) is 0 Å². The van der Waals surface area contributed by atoms with Gasteiger partial charge in [0.25, 0.3) is 0 Å². The van der Waals surface area contributed by atoms with Crippen LogP contribution in [-0.2, 0) is 6.54 Å². The van der Waals surface area contributed by atoms with Crippen LogP contribution in [0.2, 0.25) is 0 Å². The molecule has 2 rings (SSSR count). The summed E-state index contributed by atoms with van der Waals surface area (Å²) in [7, 11) is 0. The van der Waals surface area contributed by atoms with Crippen LogP contribution in [-0.4, -0.2) is 9.97 Å². The molecule has 2 aromatic rings. The summed E-state index contributed by atoms with van der Waals surface area (Å²) < 4.78 is 0. The molecule has 0 amide bonds. The van der Waals surface area contributed by atoms with Crippen molar-refractivity contribution in [1.82, 2.24) is 9.97 Å². The van der Waals surface area contributed by atoms with E-state index < -0.39 is 0 Å². The van der Waals surface area contributed by atoms with E-state index in [9.17, 15) is 0 Å². The van der Waals surface area contributed by atoms with Crippen LogP contribution in [0.4, 0.5) is 11.5 Å². The lowest BCUT2D eigenvalue weighted by Gasteiger charge is -2.06. The minimum absolute atomic E-state index is 0.574. The topological polar surface area (TPSA) is 63.8 Å². The van der Waals surface area contributed by atoms with Crippen molar-refractivity contribution in [2.75, 3.05) is 11.1 Å².